The maximum Gasteiger partial charge on any atom is 0.229 e. The molecule has 12 nitrogen and oxygen atoms in total. The summed E-state index contributed by atoms with van der Waals surface area (Å²) < 4.78 is 27.3. The topological polar surface area (TPSA) is 132 Å². The Morgan fingerprint density at radius 2 is 1.78 bits per heavy atom. The van der Waals surface area contributed by atoms with Gasteiger partial charge in [0, 0.05) is 74.9 Å². The van der Waals surface area contributed by atoms with Gasteiger partial charge in [-0.1, -0.05) is 0 Å². The Hall–Kier alpha value is -4.06. The summed E-state index contributed by atoms with van der Waals surface area (Å²) in [6.45, 7) is 5.19. The Morgan fingerprint density at radius 3 is 2.47 bits per heavy atom. The molecule has 0 saturated carbocycles. The number of hydrogen-bond donors (Lipinski definition) is 2. The average molecular weight is 693 g/mol. The molecular weight excluding hydrogens is 657 g/mol. The molecule has 0 radical (unpaired) electrons. The molecule has 0 bridgehead atoms. The van der Waals surface area contributed by atoms with Gasteiger partial charge in [0.05, 0.1) is 46.1 Å². The van der Waals surface area contributed by atoms with Gasteiger partial charge in [0.25, 0.3) is 0 Å². The first kappa shape index (κ1) is 30.9. The van der Waals surface area contributed by atoms with E-state index in [1.165, 1.54) is 0 Å². The maximum absolute atomic E-state index is 13.4. The minimum absolute atomic E-state index is 0.267. The van der Waals surface area contributed by atoms with Crippen LogP contribution in [0.2, 0.25) is 0 Å². The molecule has 1 fully saturated rings. The lowest BCUT2D eigenvalue weighted by Gasteiger charge is -2.34. The molecule has 2 N–H and O–H groups in total. The second kappa shape index (κ2) is 12.7. The number of piperidine rings is 1. The summed E-state index contributed by atoms with van der Waals surface area (Å²) in [4.78, 5) is 20.5. The molecule has 1 aliphatic rings. The van der Waals surface area contributed by atoms with Crippen molar-refractivity contribution in [2.75, 3.05) is 56.2 Å². The summed E-state index contributed by atoms with van der Waals surface area (Å²) >= 11 is 3.57. The van der Waals surface area contributed by atoms with Crippen LogP contribution in [0.3, 0.4) is 0 Å². The first-order chi connectivity index (χ1) is 21.6. The highest BCUT2D eigenvalue weighted by Crippen LogP contribution is 2.43. The molecule has 234 valence electrons. The SMILES string of the molecule is COc1cc(N2CCC(OC)CC2)c(-c2cnn(C)c2)cc1Nc1ncc(Br)c(Nc2ccc3nccnc3c2P(C)(C)=O)n1. The van der Waals surface area contributed by atoms with Crippen LogP contribution >= 0.6 is 23.1 Å². The molecule has 0 aliphatic carbocycles. The number of aromatic nitrogens is 6. The highest BCUT2D eigenvalue weighted by atomic mass is 79.9. The Balaban J connectivity index is 1.36. The van der Waals surface area contributed by atoms with Crippen molar-refractivity contribution >= 4 is 68.2 Å². The lowest BCUT2D eigenvalue weighted by atomic mass is 10.0. The Bertz CT molecular complexity index is 1900. The molecule has 0 amide bonds. The largest absolute Gasteiger partial charge is 0.494 e. The van der Waals surface area contributed by atoms with E-state index < -0.39 is 7.14 Å². The zero-order chi connectivity index (χ0) is 31.7. The normalized spacial score (nSPS) is 14.1. The number of benzene rings is 2. The summed E-state index contributed by atoms with van der Waals surface area (Å²) in [5, 5.41) is 11.8. The lowest BCUT2D eigenvalue weighted by molar-refractivity contribution is 0.0819. The van der Waals surface area contributed by atoms with E-state index in [1.807, 2.05) is 31.6 Å². The minimum atomic E-state index is -2.76. The molecule has 14 heteroatoms. The highest BCUT2D eigenvalue weighted by Gasteiger charge is 2.25. The standard InChI is InChI=1S/C31H35BrN9O3P/c1-40-18-19(16-36-40)21-14-25(27(44-3)15-26(21)41-12-8-20(43-2)9-13-41)38-31-35-17-22(32)30(39-31)37-24-7-6-23-28(34-11-10-33-23)29(24)45(4,5)42/h6-7,10-11,14-18,20H,8-9,12-13H2,1-5H3,(H2,35,37,38,39). The number of anilines is 5. The third-order valence-electron chi connectivity index (χ3n) is 7.85. The fraction of sp³-hybridized carbons (Fsp3) is 0.323. The number of aryl methyl sites for hydroxylation is 1. The maximum atomic E-state index is 13.4. The van der Waals surface area contributed by atoms with Crippen LogP contribution in [0.25, 0.3) is 22.2 Å². The average Bonchev–Trinajstić information content (AvgIpc) is 3.47. The van der Waals surface area contributed by atoms with Gasteiger partial charge in [-0.2, -0.15) is 10.1 Å². The third-order valence-corrected chi connectivity index (χ3v) is 9.96. The van der Waals surface area contributed by atoms with Crippen LogP contribution in [-0.4, -0.2) is 76.5 Å². The van der Waals surface area contributed by atoms with E-state index >= 15 is 0 Å². The van der Waals surface area contributed by atoms with Gasteiger partial charge in [-0.3, -0.25) is 14.6 Å². The number of halogens is 1. The van der Waals surface area contributed by atoms with Crippen LogP contribution in [0.15, 0.2) is 59.7 Å². The van der Waals surface area contributed by atoms with E-state index in [0.717, 1.165) is 42.7 Å². The van der Waals surface area contributed by atoms with Crippen LogP contribution in [0.5, 0.6) is 5.75 Å². The van der Waals surface area contributed by atoms with E-state index in [-0.39, 0.29) is 6.10 Å². The van der Waals surface area contributed by atoms with Gasteiger partial charge in [0.2, 0.25) is 5.95 Å². The number of rotatable bonds is 9. The van der Waals surface area contributed by atoms with Crippen LogP contribution in [0.1, 0.15) is 12.8 Å². The van der Waals surface area contributed by atoms with Crippen LogP contribution < -0.4 is 25.6 Å². The third kappa shape index (κ3) is 6.51. The molecule has 1 aliphatic heterocycles. The van der Waals surface area contributed by atoms with Gasteiger partial charge in [-0.05, 0) is 60.3 Å². The molecule has 3 aromatic heterocycles. The number of nitrogens with zero attached hydrogens (tertiary/aromatic N) is 7. The molecular formula is C31H35BrN9O3P. The van der Waals surface area contributed by atoms with Crippen molar-refractivity contribution < 1.29 is 14.0 Å². The van der Waals surface area contributed by atoms with Gasteiger partial charge >= 0.3 is 0 Å². The Morgan fingerprint density at radius 1 is 1.00 bits per heavy atom. The van der Waals surface area contributed by atoms with Gasteiger partial charge in [0.1, 0.15) is 24.2 Å². The number of ether oxygens (including phenoxy) is 2. The fourth-order valence-electron chi connectivity index (χ4n) is 5.65. The van der Waals surface area contributed by atoms with Crippen molar-refractivity contribution in [3.8, 4) is 16.9 Å². The van der Waals surface area contributed by atoms with Crippen LogP contribution in [0, 0.1) is 0 Å². The summed E-state index contributed by atoms with van der Waals surface area (Å²) in [5.74, 6) is 1.50. The van der Waals surface area contributed by atoms with Gasteiger partial charge in [-0.25, -0.2) is 4.98 Å². The van der Waals surface area contributed by atoms with Gasteiger partial charge in [0.15, 0.2) is 0 Å². The molecule has 0 unspecified atom stereocenters. The van der Waals surface area contributed by atoms with Crippen molar-refractivity contribution in [2.45, 2.75) is 18.9 Å². The first-order valence-electron chi connectivity index (χ1n) is 14.5. The van der Waals surface area contributed by atoms with Gasteiger partial charge in [-0.15, -0.1) is 0 Å². The smallest absolute Gasteiger partial charge is 0.229 e. The monoisotopic (exact) mass is 691 g/mol. The first-order valence-corrected chi connectivity index (χ1v) is 17.9. The quantitative estimate of drug-likeness (QED) is 0.178. The summed E-state index contributed by atoms with van der Waals surface area (Å²) in [7, 11) is 2.57. The predicted octanol–water partition coefficient (Wildman–Crippen LogP) is 5.94. The molecule has 1 saturated heterocycles. The zero-order valence-electron chi connectivity index (χ0n) is 25.8. The number of hydrogen-bond acceptors (Lipinski definition) is 11. The predicted molar refractivity (Wildman–Crippen MR) is 182 cm³/mol. The second-order valence-electron chi connectivity index (χ2n) is 11.3. The van der Waals surface area contributed by atoms with E-state index in [1.54, 1.807) is 50.8 Å². The molecule has 0 spiro atoms. The van der Waals surface area contributed by atoms with Crippen molar-refractivity contribution in [1.29, 1.82) is 0 Å². The number of fused-ring (bicyclic) bond motifs is 1. The zero-order valence-corrected chi connectivity index (χ0v) is 28.3. The van der Waals surface area contributed by atoms with E-state index in [4.69, 9.17) is 14.5 Å². The van der Waals surface area contributed by atoms with Crippen LogP contribution in [-0.2, 0) is 16.3 Å². The van der Waals surface area contributed by atoms with Gasteiger partial charge < -0.3 is 29.6 Å². The van der Waals surface area contributed by atoms with Crippen molar-refractivity contribution in [2.24, 2.45) is 7.05 Å². The summed E-state index contributed by atoms with van der Waals surface area (Å²) in [6.07, 6.45) is 10.9. The molecule has 4 heterocycles. The Labute approximate surface area is 270 Å². The molecule has 5 aromatic rings. The Kier molecular flexibility index (Phi) is 8.76. The fourth-order valence-corrected chi connectivity index (χ4v) is 7.34. The second-order valence-corrected chi connectivity index (χ2v) is 15.3. The van der Waals surface area contributed by atoms with Crippen molar-refractivity contribution in [3.63, 3.8) is 0 Å². The summed E-state index contributed by atoms with van der Waals surface area (Å²) in [5.41, 5.74) is 5.68. The molecule has 2 aromatic carbocycles. The van der Waals surface area contributed by atoms with E-state index in [0.29, 0.717) is 49.7 Å². The lowest BCUT2D eigenvalue weighted by Crippen LogP contribution is -2.36. The molecule has 0 atom stereocenters. The van der Waals surface area contributed by atoms with Crippen molar-refractivity contribution in [3.05, 3.63) is 59.7 Å². The van der Waals surface area contributed by atoms with Crippen LogP contribution in [0.4, 0.5) is 28.8 Å². The molecule has 6 rings (SSSR count). The molecule has 45 heavy (non-hydrogen) atoms. The minimum Gasteiger partial charge on any atom is -0.494 e. The number of methoxy groups -OCH3 is 2. The van der Waals surface area contributed by atoms with E-state index in [9.17, 15) is 4.57 Å². The van der Waals surface area contributed by atoms with E-state index in [2.05, 4.69) is 63.6 Å². The van der Waals surface area contributed by atoms with Crippen molar-refractivity contribution in [1.82, 2.24) is 29.7 Å². The summed E-state index contributed by atoms with van der Waals surface area (Å²) in [6, 6.07) is 7.81. The number of nitrogens with one attached hydrogen (secondary N) is 2. The highest BCUT2D eigenvalue weighted by molar-refractivity contribution is 9.10.